The number of thiazole rings is 1. The Morgan fingerprint density at radius 2 is 2.00 bits per heavy atom. The highest BCUT2D eigenvalue weighted by Crippen LogP contribution is 2.37. The fourth-order valence-electron chi connectivity index (χ4n) is 3.51. The molecule has 2 N–H and O–H groups in total. The third kappa shape index (κ3) is 3.93. The Balaban J connectivity index is 1.81. The molecule has 0 fully saturated rings. The second-order valence-electron chi connectivity index (χ2n) is 7.10. The van der Waals surface area contributed by atoms with Crippen LogP contribution in [0.4, 0.5) is 5.82 Å². The van der Waals surface area contributed by atoms with E-state index >= 15 is 0 Å². The highest BCUT2D eigenvalue weighted by atomic mass is 32.1. The quantitative estimate of drug-likeness (QED) is 0.454. The van der Waals surface area contributed by atoms with E-state index in [1.807, 2.05) is 30.6 Å². The summed E-state index contributed by atoms with van der Waals surface area (Å²) >= 11 is 1.62. The zero-order valence-corrected chi connectivity index (χ0v) is 17.7. The van der Waals surface area contributed by atoms with E-state index in [2.05, 4.69) is 48.1 Å². The maximum absolute atomic E-state index is 6.42. The van der Waals surface area contributed by atoms with Crippen LogP contribution in [0.5, 0.6) is 5.75 Å². The van der Waals surface area contributed by atoms with Gasteiger partial charge in [0, 0.05) is 17.0 Å². The minimum atomic E-state index is 0.0212. The summed E-state index contributed by atoms with van der Waals surface area (Å²) in [7, 11) is 0. The molecule has 0 spiro atoms. The number of nitrogen functional groups attached to an aromatic ring is 1. The normalized spacial score (nSPS) is 12.2. The zero-order valence-electron chi connectivity index (χ0n) is 16.8. The summed E-state index contributed by atoms with van der Waals surface area (Å²) in [4.78, 5) is 13.6. The van der Waals surface area contributed by atoms with Crippen molar-refractivity contribution < 1.29 is 4.74 Å². The number of hydrogen-bond donors (Lipinski definition) is 1. The minimum Gasteiger partial charge on any atom is -0.494 e. The van der Waals surface area contributed by atoms with E-state index in [-0.39, 0.29) is 5.92 Å². The Hall–Kier alpha value is -2.99. The van der Waals surface area contributed by atoms with Gasteiger partial charge in [-0.1, -0.05) is 32.0 Å². The molecule has 0 bridgehead atoms. The first kappa shape index (κ1) is 19.3. The number of nitrogens with zero attached hydrogens (tertiary/aromatic N) is 3. The molecular formula is C23H24N4OS. The lowest BCUT2D eigenvalue weighted by atomic mass is 9.90. The van der Waals surface area contributed by atoms with Gasteiger partial charge in [0.2, 0.25) is 0 Å². The van der Waals surface area contributed by atoms with Crippen LogP contribution in [-0.2, 0) is 0 Å². The van der Waals surface area contributed by atoms with Crippen LogP contribution < -0.4 is 10.5 Å². The van der Waals surface area contributed by atoms with Gasteiger partial charge < -0.3 is 10.5 Å². The molecular weight excluding hydrogens is 380 g/mol. The minimum absolute atomic E-state index is 0.0212. The zero-order chi connectivity index (χ0) is 20.4. The molecule has 5 nitrogen and oxygen atoms in total. The second-order valence-corrected chi connectivity index (χ2v) is 7.98. The topological polar surface area (TPSA) is 73.9 Å². The van der Waals surface area contributed by atoms with Crippen LogP contribution in [0.15, 0.2) is 48.0 Å². The Kier molecular flexibility index (Phi) is 5.45. The number of aryl methyl sites for hydroxylation is 1. The van der Waals surface area contributed by atoms with E-state index in [0.29, 0.717) is 18.2 Å². The number of fused-ring (bicyclic) bond motifs is 1. The summed E-state index contributed by atoms with van der Waals surface area (Å²) in [5.74, 6) is 2.07. The Morgan fingerprint density at radius 1 is 1.14 bits per heavy atom. The Bertz CT molecular complexity index is 1150. The van der Waals surface area contributed by atoms with Gasteiger partial charge in [0.25, 0.3) is 0 Å². The van der Waals surface area contributed by atoms with Crippen molar-refractivity contribution in [3.05, 3.63) is 64.9 Å². The lowest BCUT2D eigenvalue weighted by Crippen LogP contribution is -2.09. The van der Waals surface area contributed by atoms with E-state index in [1.54, 1.807) is 11.3 Å². The van der Waals surface area contributed by atoms with Gasteiger partial charge in [-0.2, -0.15) is 0 Å². The van der Waals surface area contributed by atoms with Crippen molar-refractivity contribution in [2.24, 2.45) is 0 Å². The smallest absolute Gasteiger partial charge is 0.131 e. The van der Waals surface area contributed by atoms with Crippen molar-refractivity contribution in [2.45, 2.75) is 33.1 Å². The molecule has 0 amide bonds. The van der Waals surface area contributed by atoms with Crippen LogP contribution >= 0.6 is 11.3 Å². The lowest BCUT2D eigenvalue weighted by Gasteiger charge is -2.19. The molecule has 0 aliphatic carbocycles. The van der Waals surface area contributed by atoms with Gasteiger partial charge >= 0.3 is 0 Å². The summed E-state index contributed by atoms with van der Waals surface area (Å²) < 4.78 is 6.95. The molecule has 4 aromatic rings. The first-order chi connectivity index (χ1) is 14.1. The van der Waals surface area contributed by atoms with Crippen LogP contribution in [0.2, 0.25) is 0 Å². The lowest BCUT2D eigenvalue weighted by molar-refractivity contribution is 0.317. The van der Waals surface area contributed by atoms with Crippen LogP contribution in [-0.4, -0.2) is 21.6 Å². The number of rotatable bonds is 6. The molecule has 0 radical (unpaired) electrons. The number of ether oxygens (including phenoxy) is 1. The van der Waals surface area contributed by atoms with Crippen molar-refractivity contribution in [1.82, 2.24) is 15.0 Å². The van der Waals surface area contributed by atoms with Crippen molar-refractivity contribution in [3.63, 3.8) is 0 Å². The van der Waals surface area contributed by atoms with Crippen molar-refractivity contribution in [1.29, 1.82) is 0 Å². The Morgan fingerprint density at radius 3 is 2.83 bits per heavy atom. The molecule has 0 aliphatic heterocycles. The number of hydrogen-bond acceptors (Lipinski definition) is 6. The van der Waals surface area contributed by atoms with Crippen LogP contribution in [0.25, 0.3) is 21.5 Å². The number of anilines is 1. The van der Waals surface area contributed by atoms with Gasteiger partial charge in [-0.15, -0.1) is 11.3 Å². The Labute approximate surface area is 174 Å². The summed E-state index contributed by atoms with van der Waals surface area (Å²) in [5, 5.41) is 0. The van der Waals surface area contributed by atoms with Crippen LogP contribution in [0.1, 0.15) is 43.1 Å². The monoisotopic (exact) mass is 404 g/mol. The van der Waals surface area contributed by atoms with E-state index < -0.39 is 0 Å². The number of aromatic nitrogens is 3. The second kappa shape index (κ2) is 8.17. The van der Waals surface area contributed by atoms with E-state index in [4.69, 9.17) is 15.5 Å². The van der Waals surface area contributed by atoms with E-state index in [0.717, 1.165) is 44.8 Å². The molecule has 0 saturated carbocycles. The summed E-state index contributed by atoms with van der Waals surface area (Å²) in [6.45, 7) is 6.81. The highest BCUT2D eigenvalue weighted by Gasteiger charge is 2.21. The molecule has 29 heavy (non-hydrogen) atoms. The number of benzene rings is 2. The molecule has 148 valence electrons. The fraction of sp³-hybridized carbons (Fsp3) is 0.261. The first-order valence-corrected chi connectivity index (χ1v) is 10.6. The van der Waals surface area contributed by atoms with Crippen molar-refractivity contribution >= 4 is 27.4 Å². The van der Waals surface area contributed by atoms with Gasteiger partial charge in [0.05, 0.1) is 28.0 Å². The van der Waals surface area contributed by atoms with Gasteiger partial charge in [0.15, 0.2) is 0 Å². The van der Waals surface area contributed by atoms with Gasteiger partial charge in [0.1, 0.15) is 17.4 Å². The van der Waals surface area contributed by atoms with Gasteiger partial charge in [-0.05, 0) is 43.2 Å². The molecule has 2 aromatic carbocycles. The molecule has 0 aliphatic rings. The molecule has 2 aromatic heterocycles. The van der Waals surface area contributed by atoms with Gasteiger partial charge in [-0.25, -0.2) is 15.0 Å². The van der Waals surface area contributed by atoms with Crippen LogP contribution in [0.3, 0.4) is 0 Å². The molecule has 4 rings (SSSR count). The maximum Gasteiger partial charge on any atom is 0.131 e. The molecule has 6 heteroatoms. The summed E-state index contributed by atoms with van der Waals surface area (Å²) in [6.07, 6.45) is 0.975. The number of nitrogens with two attached hydrogens (primary N) is 1. The summed E-state index contributed by atoms with van der Waals surface area (Å²) in [5.41, 5.74) is 13.2. The largest absolute Gasteiger partial charge is 0.494 e. The summed E-state index contributed by atoms with van der Waals surface area (Å²) in [6, 6.07) is 14.4. The van der Waals surface area contributed by atoms with Gasteiger partial charge in [-0.3, -0.25) is 0 Å². The highest BCUT2D eigenvalue weighted by molar-refractivity contribution is 7.16. The first-order valence-electron chi connectivity index (χ1n) is 9.77. The standard InChI is InChI=1S/C23H24N4OS/c1-4-10-28-18-7-5-6-16(11-18)14(2)21-22(26-15(3)27-23(21)24)17-8-9-19-20(12-17)29-13-25-19/h5-9,11-14H,4,10H2,1-3H3,(H2,24,26,27). The predicted molar refractivity (Wildman–Crippen MR) is 120 cm³/mol. The fourth-order valence-corrected chi connectivity index (χ4v) is 4.23. The third-order valence-electron chi connectivity index (χ3n) is 4.96. The average molecular weight is 405 g/mol. The predicted octanol–water partition coefficient (Wildman–Crippen LogP) is 5.58. The maximum atomic E-state index is 6.42. The molecule has 1 atom stereocenters. The van der Waals surface area contributed by atoms with E-state index in [1.165, 1.54) is 0 Å². The average Bonchev–Trinajstić information content (AvgIpc) is 3.19. The van der Waals surface area contributed by atoms with Crippen molar-refractivity contribution in [3.8, 4) is 17.0 Å². The van der Waals surface area contributed by atoms with Crippen molar-refractivity contribution in [2.75, 3.05) is 12.3 Å². The molecule has 0 saturated heterocycles. The van der Waals surface area contributed by atoms with Crippen LogP contribution in [0, 0.1) is 6.92 Å². The van der Waals surface area contributed by atoms with E-state index in [9.17, 15) is 0 Å². The third-order valence-corrected chi connectivity index (χ3v) is 5.75. The SMILES string of the molecule is CCCOc1cccc(C(C)c2c(N)nc(C)nc2-c2ccc3ncsc3c2)c1. The molecule has 2 heterocycles. The molecule has 1 unspecified atom stereocenters.